The summed E-state index contributed by atoms with van der Waals surface area (Å²) in [6.45, 7) is 2.37. The summed E-state index contributed by atoms with van der Waals surface area (Å²) in [6, 6.07) is 7.47. The Kier molecular flexibility index (Phi) is 5.55. The highest BCUT2D eigenvalue weighted by molar-refractivity contribution is 5.78. The Labute approximate surface area is 151 Å². The second kappa shape index (κ2) is 8.03. The molecule has 1 fully saturated rings. The molecular formula is C19H23N3O4. The Hall–Kier alpha value is -2.83. The minimum absolute atomic E-state index is 0.116. The van der Waals surface area contributed by atoms with Gasteiger partial charge in [0.2, 0.25) is 5.91 Å². The van der Waals surface area contributed by atoms with Crippen molar-refractivity contribution in [2.75, 3.05) is 37.0 Å². The second-order valence-electron chi connectivity index (χ2n) is 6.38. The van der Waals surface area contributed by atoms with Gasteiger partial charge in [-0.1, -0.05) is 12.1 Å². The summed E-state index contributed by atoms with van der Waals surface area (Å²) in [5.74, 6) is 0.654. The summed E-state index contributed by atoms with van der Waals surface area (Å²) in [7, 11) is 1.61. The smallest absolute Gasteiger partial charge is 0.253 e. The van der Waals surface area contributed by atoms with Crippen LogP contribution in [0.1, 0.15) is 24.8 Å². The fourth-order valence-electron chi connectivity index (χ4n) is 3.12. The average Bonchev–Trinajstić information content (AvgIpc) is 3.19. The van der Waals surface area contributed by atoms with Crippen molar-refractivity contribution in [2.24, 2.45) is 0 Å². The molecule has 0 bridgehead atoms. The Morgan fingerprint density at radius 1 is 1.12 bits per heavy atom. The fourth-order valence-corrected chi connectivity index (χ4v) is 3.12. The molecule has 0 unspecified atom stereocenters. The number of hydrogen-bond donors (Lipinski definition) is 2. The molecule has 26 heavy (non-hydrogen) atoms. The van der Waals surface area contributed by atoms with Crippen LogP contribution in [0.5, 0.6) is 5.75 Å². The van der Waals surface area contributed by atoms with E-state index < -0.39 is 10.9 Å². The lowest BCUT2D eigenvalue weighted by Gasteiger charge is -2.22. The normalized spacial score (nSPS) is 13.8. The number of hydrogen-bond acceptors (Lipinski definition) is 6. The van der Waals surface area contributed by atoms with Gasteiger partial charge in [0.1, 0.15) is 17.1 Å². The van der Waals surface area contributed by atoms with Gasteiger partial charge in [-0.15, -0.1) is 0 Å². The van der Waals surface area contributed by atoms with Gasteiger partial charge in [0.15, 0.2) is 0 Å². The van der Waals surface area contributed by atoms with Crippen molar-refractivity contribution in [1.29, 1.82) is 0 Å². The number of carbonyl (C=O) groups is 1. The third-order valence-electron chi connectivity index (χ3n) is 4.61. The number of nitrogens with one attached hydrogen (secondary N) is 2. The molecule has 7 heteroatoms. The first-order chi connectivity index (χ1) is 12.6. The summed E-state index contributed by atoms with van der Waals surface area (Å²) in [6.07, 6.45) is 2.30. The first-order valence-electron chi connectivity index (χ1n) is 8.82. The Balaban J connectivity index is 1.44. The van der Waals surface area contributed by atoms with Gasteiger partial charge in [0, 0.05) is 32.6 Å². The van der Waals surface area contributed by atoms with Crippen molar-refractivity contribution in [3.63, 3.8) is 0 Å². The van der Waals surface area contributed by atoms with Crippen LogP contribution < -0.4 is 31.1 Å². The zero-order valence-electron chi connectivity index (χ0n) is 14.8. The third-order valence-corrected chi connectivity index (χ3v) is 4.61. The molecule has 0 radical (unpaired) electrons. The molecule has 0 atom stereocenters. The van der Waals surface area contributed by atoms with E-state index in [9.17, 15) is 14.4 Å². The lowest BCUT2D eigenvalue weighted by Crippen LogP contribution is -2.42. The number of carbonyl (C=O) groups excluding carboxylic acids is 1. The number of methoxy groups -OCH3 is 1. The van der Waals surface area contributed by atoms with Crippen LogP contribution in [0.2, 0.25) is 0 Å². The van der Waals surface area contributed by atoms with Gasteiger partial charge in [-0.25, -0.2) is 0 Å². The molecule has 0 aliphatic carbocycles. The van der Waals surface area contributed by atoms with Gasteiger partial charge in [0.25, 0.3) is 10.9 Å². The summed E-state index contributed by atoms with van der Waals surface area (Å²) in [4.78, 5) is 37.5. The van der Waals surface area contributed by atoms with E-state index in [4.69, 9.17) is 4.74 Å². The Bertz CT molecular complexity index is 832. The van der Waals surface area contributed by atoms with Crippen LogP contribution in [-0.2, 0) is 11.3 Å². The zero-order chi connectivity index (χ0) is 18.5. The molecule has 1 aliphatic rings. The van der Waals surface area contributed by atoms with Gasteiger partial charge in [-0.05, 0) is 30.5 Å². The molecule has 138 valence electrons. The first-order valence-corrected chi connectivity index (χ1v) is 8.82. The molecule has 1 saturated heterocycles. The molecular weight excluding hydrogens is 334 g/mol. The molecule has 1 amide bonds. The fraction of sp³-hybridized carbons (Fsp3) is 0.421. The van der Waals surface area contributed by atoms with Gasteiger partial charge in [0.05, 0.1) is 7.11 Å². The first kappa shape index (κ1) is 18.0. The lowest BCUT2D eigenvalue weighted by atomic mass is 10.1. The van der Waals surface area contributed by atoms with Crippen molar-refractivity contribution in [1.82, 2.24) is 5.32 Å². The standard InChI is InChI=1S/C19H23N3O4/c1-26-14-6-4-13(5-7-14)12-21-15(23)8-9-20-16-17(19(25)18(16)24)22-10-2-3-11-22/h4-7,20H,2-3,8-12H2,1H3,(H,21,23). The maximum atomic E-state index is 12.0. The SMILES string of the molecule is COc1ccc(CNC(=O)CCNc2c(N3CCCC3)c(=O)c2=O)cc1. The highest BCUT2D eigenvalue weighted by atomic mass is 16.5. The topological polar surface area (TPSA) is 87.7 Å². The molecule has 2 N–H and O–H groups in total. The molecule has 2 aromatic carbocycles. The molecule has 3 rings (SSSR count). The second-order valence-corrected chi connectivity index (χ2v) is 6.38. The van der Waals surface area contributed by atoms with Crippen molar-refractivity contribution in [3.05, 3.63) is 50.3 Å². The molecule has 0 saturated carbocycles. The Morgan fingerprint density at radius 3 is 2.46 bits per heavy atom. The minimum atomic E-state index is -0.481. The van der Waals surface area contributed by atoms with Crippen molar-refractivity contribution >= 4 is 17.3 Å². The predicted molar refractivity (Wildman–Crippen MR) is 101 cm³/mol. The number of nitrogens with zero attached hydrogens (tertiary/aromatic N) is 1. The van der Waals surface area contributed by atoms with E-state index in [1.807, 2.05) is 29.2 Å². The van der Waals surface area contributed by atoms with Crippen LogP contribution in [0.3, 0.4) is 0 Å². The quantitative estimate of drug-likeness (QED) is 0.686. The van der Waals surface area contributed by atoms with Gasteiger partial charge >= 0.3 is 0 Å². The lowest BCUT2D eigenvalue weighted by molar-refractivity contribution is -0.121. The largest absolute Gasteiger partial charge is 0.497 e. The number of benzene rings is 1. The minimum Gasteiger partial charge on any atom is -0.497 e. The van der Waals surface area contributed by atoms with Crippen LogP contribution in [0.15, 0.2) is 33.9 Å². The highest BCUT2D eigenvalue weighted by Gasteiger charge is 2.27. The van der Waals surface area contributed by atoms with Crippen LogP contribution in [-0.4, -0.2) is 32.7 Å². The number of rotatable bonds is 8. The number of ether oxygens (including phenoxy) is 1. The molecule has 0 aromatic heterocycles. The molecule has 1 heterocycles. The van der Waals surface area contributed by atoms with E-state index in [0.717, 1.165) is 37.2 Å². The average molecular weight is 357 g/mol. The summed E-state index contributed by atoms with van der Waals surface area (Å²) in [5, 5.41) is 5.80. The summed E-state index contributed by atoms with van der Waals surface area (Å²) >= 11 is 0. The van der Waals surface area contributed by atoms with E-state index in [1.165, 1.54) is 0 Å². The van der Waals surface area contributed by atoms with Crippen molar-refractivity contribution in [2.45, 2.75) is 25.8 Å². The van der Waals surface area contributed by atoms with E-state index >= 15 is 0 Å². The van der Waals surface area contributed by atoms with E-state index in [-0.39, 0.29) is 12.3 Å². The summed E-state index contributed by atoms with van der Waals surface area (Å²) < 4.78 is 5.09. The van der Waals surface area contributed by atoms with Gasteiger partial charge in [-0.2, -0.15) is 0 Å². The van der Waals surface area contributed by atoms with Gasteiger partial charge < -0.3 is 20.3 Å². The molecule has 2 aromatic rings. The van der Waals surface area contributed by atoms with Crippen LogP contribution in [0, 0.1) is 0 Å². The molecule has 1 aliphatic heterocycles. The third kappa shape index (κ3) is 3.87. The van der Waals surface area contributed by atoms with Crippen LogP contribution >= 0.6 is 0 Å². The van der Waals surface area contributed by atoms with Crippen LogP contribution in [0.25, 0.3) is 0 Å². The summed E-state index contributed by atoms with van der Waals surface area (Å²) in [5.41, 5.74) is 0.931. The van der Waals surface area contributed by atoms with Crippen molar-refractivity contribution in [3.8, 4) is 5.75 Å². The van der Waals surface area contributed by atoms with E-state index in [2.05, 4.69) is 10.6 Å². The number of amides is 1. The van der Waals surface area contributed by atoms with Crippen LogP contribution in [0.4, 0.5) is 11.4 Å². The predicted octanol–water partition coefficient (Wildman–Crippen LogP) is 1.01. The maximum Gasteiger partial charge on any atom is 0.253 e. The maximum absolute atomic E-state index is 12.0. The zero-order valence-corrected chi connectivity index (χ0v) is 14.8. The number of anilines is 2. The highest BCUT2D eigenvalue weighted by Crippen LogP contribution is 2.24. The molecule has 0 spiro atoms. The van der Waals surface area contributed by atoms with E-state index in [1.54, 1.807) is 7.11 Å². The van der Waals surface area contributed by atoms with Crippen molar-refractivity contribution < 1.29 is 9.53 Å². The monoisotopic (exact) mass is 357 g/mol. The van der Waals surface area contributed by atoms with E-state index in [0.29, 0.717) is 24.5 Å². The Morgan fingerprint density at radius 2 is 1.81 bits per heavy atom. The molecule has 7 nitrogen and oxygen atoms in total. The van der Waals surface area contributed by atoms with Gasteiger partial charge in [-0.3, -0.25) is 14.4 Å².